The van der Waals surface area contributed by atoms with E-state index in [1.54, 1.807) is 31.3 Å². The highest BCUT2D eigenvalue weighted by molar-refractivity contribution is 5.92. The van der Waals surface area contributed by atoms with E-state index < -0.39 is 28.7 Å². The van der Waals surface area contributed by atoms with Crippen LogP contribution in [0.4, 0.5) is 8.78 Å². The van der Waals surface area contributed by atoms with Crippen molar-refractivity contribution < 1.29 is 18.3 Å². The summed E-state index contributed by atoms with van der Waals surface area (Å²) >= 11 is 0. The molecule has 0 saturated carbocycles. The van der Waals surface area contributed by atoms with E-state index in [1.165, 1.54) is 6.07 Å². The largest absolute Gasteiger partial charge is 0.478 e. The maximum atomic E-state index is 13.6. The summed E-state index contributed by atoms with van der Waals surface area (Å²) < 4.78 is 33.3. The molecule has 28 heavy (non-hydrogen) atoms. The van der Waals surface area contributed by atoms with E-state index in [0.717, 1.165) is 22.9 Å². The minimum Gasteiger partial charge on any atom is -0.478 e. The third-order valence-corrected chi connectivity index (χ3v) is 3.71. The molecule has 0 fully saturated rings. The number of nitrogens with zero attached hydrogens (tertiary/aromatic N) is 3. The second-order valence-corrected chi connectivity index (χ2v) is 5.64. The summed E-state index contributed by atoms with van der Waals surface area (Å²) in [6.07, 6.45) is 1.58. The summed E-state index contributed by atoms with van der Waals surface area (Å²) in [5, 5.41) is 6.56. The minimum absolute atomic E-state index is 0.000200. The van der Waals surface area contributed by atoms with Crippen LogP contribution in [0.5, 0.6) is 5.88 Å². The van der Waals surface area contributed by atoms with E-state index in [0.29, 0.717) is 5.69 Å². The van der Waals surface area contributed by atoms with Gasteiger partial charge < -0.3 is 10.1 Å². The second-order valence-electron chi connectivity index (χ2n) is 5.64. The number of amides is 1. The van der Waals surface area contributed by atoms with Crippen molar-refractivity contribution in [3.8, 4) is 11.6 Å². The number of carbonyl (C=O) groups is 1. The first-order chi connectivity index (χ1) is 13.5. The van der Waals surface area contributed by atoms with E-state index in [9.17, 15) is 18.4 Å². The van der Waals surface area contributed by atoms with Gasteiger partial charge in [-0.05, 0) is 31.2 Å². The molecule has 144 valence electrons. The molecule has 9 heteroatoms. The summed E-state index contributed by atoms with van der Waals surface area (Å²) in [5.74, 6) is -2.85. The Hall–Kier alpha value is -3.62. The molecule has 0 radical (unpaired) electrons. The van der Waals surface area contributed by atoms with Crippen LogP contribution in [0, 0.1) is 11.6 Å². The number of hydrogen-bond donors (Lipinski definition) is 1. The first-order valence-electron chi connectivity index (χ1n) is 8.40. The third-order valence-electron chi connectivity index (χ3n) is 3.71. The molecule has 7 nitrogen and oxygen atoms in total. The Morgan fingerprint density at radius 2 is 2.00 bits per heavy atom. The SMILES string of the molecule is CCOc1cc(=O)c(C(=O)NCc2ccccn2)nn1-c1ccc(F)c(F)c1. The Morgan fingerprint density at radius 3 is 2.68 bits per heavy atom. The molecule has 0 aliphatic heterocycles. The summed E-state index contributed by atoms with van der Waals surface area (Å²) in [7, 11) is 0. The molecule has 0 unspecified atom stereocenters. The van der Waals surface area contributed by atoms with Gasteiger partial charge in [0.1, 0.15) is 0 Å². The van der Waals surface area contributed by atoms with E-state index in [-0.39, 0.29) is 24.7 Å². The number of ether oxygens (including phenoxy) is 1. The van der Waals surface area contributed by atoms with E-state index in [2.05, 4.69) is 15.4 Å². The van der Waals surface area contributed by atoms with Gasteiger partial charge in [0.15, 0.2) is 17.3 Å². The molecular formula is C19H16F2N4O3. The lowest BCUT2D eigenvalue weighted by Crippen LogP contribution is -2.31. The quantitative estimate of drug-likeness (QED) is 0.702. The fourth-order valence-electron chi connectivity index (χ4n) is 2.41. The summed E-state index contributed by atoms with van der Waals surface area (Å²) in [5.41, 5.74) is -0.381. The Kier molecular flexibility index (Phi) is 5.73. The van der Waals surface area contributed by atoms with Gasteiger partial charge in [-0.25, -0.2) is 13.5 Å². The Morgan fingerprint density at radius 1 is 1.18 bits per heavy atom. The number of hydrogen-bond acceptors (Lipinski definition) is 5. The smallest absolute Gasteiger partial charge is 0.276 e. The van der Waals surface area contributed by atoms with Crippen LogP contribution in [0.15, 0.2) is 53.5 Å². The molecule has 0 atom stereocenters. The Bertz CT molecular complexity index is 1050. The lowest BCUT2D eigenvalue weighted by Gasteiger charge is -2.14. The average Bonchev–Trinajstić information content (AvgIpc) is 2.69. The lowest BCUT2D eigenvalue weighted by atomic mass is 10.3. The number of halogens is 2. The minimum atomic E-state index is -1.10. The lowest BCUT2D eigenvalue weighted by molar-refractivity contribution is 0.0942. The predicted octanol–water partition coefficient (Wildman–Crippen LogP) is 2.23. The molecule has 1 N–H and O–H groups in total. The number of benzene rings is 1. The van der Waals surface area contributed by atoms with Gasteiger partial charge in [0, 0.05) is 12.3 Å². The fraction of sp³-hybridized carbons (Fsp3) is 0.158. The normalized spacial score (nSPS) is 10.5. The molecular weight excluding hydrogens is 370 g/mol. The van der Waals surface area contributed by atoms with Gasteiger partial charge in [-0.1, -0.05) is 6.07 Å². The third kappa shape index (κ3) is 4.20. The fourth-order valence-corrected chi connectivity index (χ4v) is 2.41. The van der Waals surface area contributed by atoms with Crippen LogP contribution < -0.4 is 15.5 Å². The highest BCUT2D eigenvalue weighted by Gasteiger charge is 2.18. The zero-order chi connectivity index (χ0) is 20.1. The summed E-state index contributed by atoms with van der Waals surface area (Å²) in [6.45, 7) is 1.99. The van der Waals surface area contributed by atoms with Gasteiger partial charge in [0.2, 0.25) is 11.3 Å². The van der Waals surface area contributed by atoms with Crippen LogP contribution in [-0.4, -0.2) is 27.3 Å². The van der Waals surface area contributed by atoms with Crippen molar-refractivity contribution in [1.29, 1.82) is 0 Å². The van der Waals surface area contributed by atoms with Crippen LogP contribution in [0.25, 0.3) is 5.69 Å². The zero-order valence-electron chi connectivity index (χ0n) is 14.9. The number of carbonyl (C=O) groups excluding carboxylic acids is 1. The van der Waals surface area contributed by atoms with E-state index in [4.69, 9.17) is 4.74 Å². The van der Waals surface area contributed by atoms with Gasteiger partial charge in [0.05, 0.1) is 30.6 Å². The topological polar surface area (TPSA) is 86.1 Å². The van der Waals surface area contributed by atoms with Crippen molar-refractivity contribution in [1.82, 2.24) is 20.1 Å². The number of aromatic nitrogens is 3. The molecule has 0 saturated heterocycles. The van der Waals surface area contributed by atoms with E-state index >= 15 is 0 Å². The first-order valence-corrected chi connectivity index (χ1v) is 8.40. The van der Waals surface area contributed by atoms with Crippen molar-refractivity contribution in [3.05, 3.63) is 81.9 Å². The maximum absolute atomic E-state index is 13.6. The van der Waals surface area contributed by atoms with E-state index in [1.807, 2.05) is 0 Å². The molecule has 0 spiro atoms. The van der Waals surface area contributed by atoms with Crippen LogP contribution in [0.1, 0.15) is 23.1 Å². The zero-order valence-corrected chi connectivity index (χ0v) is 14.9. The summed E-state index contributed by atoms with van der Waals surface area (Å²) in [6, 6.07) is 9.36. The molecule has 0 bridgehead atoms. The highest BCUT2D eigenvalue weighted by atomic mass is 19.2. The van der Waals surface area contributed by atoms with Gasteiger partial charge >= 0.3 is 0 Å². The molecule has 0 aliphatic rings. The number of rotatable bonds is 6. The van der Waals surface area contributed by atoms with Crippen molar-refractivity contribution >= 4 is 5.91 Å². The molecule has 3 aromatic rings. The molecule has 2 heterocycles. The van der Waals surface area contributed by atoms with Gasteiger partial charge in [-0.15, -0.1) is 0 Å². The predicted molar refractivity (Wildman–Crippen MR) is 96.3 cm³/mol. The Balaban J connectivity index is 1.96. The maximum Gasteiger partial charge on any atom is 0.276 e. The van der Waals surface area contributed by atoms with Crippen molar-refractivity contribution in [2.75, 3.05) is 6.61 Å². The molecule has 2 aromatic heterocycles. The Labute approximate surface area is 158 Å². The van der Waals surface area contributed by atoms with Crippen molar-refractivity contribution in [2.45, 2.75) is 13.5 Å². The molecule has 1 amide bonds. The van der Waals surface area contributed by atoms with Crippen LogP contribution >= 0.6 is 0 Å². The highest BCUT2D eigenvalue weighted by Crippen LogP contribution is 2.18. The monoisotopic (exact) mass is 386 g/mol. The summed E-state index contributed by atoms with van der Waals surface area (Å²) in [4.78, 5) is 28.8. The first kappa shape index (κ1) is 19.2. The van der Waals surface area contributed by atoms with Gasteiger partial charge in [-0.3, -0.25) is 14.6 Å². The van der Waals surface area contributed by atoms with Crippen LogP contribution in [0.3, 0.4) is 0 Å². The molecule has 0 aliphatic carbocycles. The van der Waals surface area contributed by atoms with Crippen LogP contribution in [0.2, 0.25) is 0 Å². The average molecular weight is 386 g/mol. The number of nitrogens with one attached hydrogen (secondary N) is 1. The van der Waals surface area contributed by atoms with Gasteiger partial charge in [-0.2, -0.15) is 5.10 Å². The molecule has 1 aromatic carbocycles. The standard InChI is InChI=1S/C19H16F2N4O3/c1-2-28-17-10-16(26)18(19(27)23-11-12-5-3-4-8-22-12)24-25(17)13-6-7-14(20)15(21)9-13/h3-10H,2,11H2,1H3,(H,23,27). The van der Waals surface area contributed by atoms with Gasteiger partial charge in [0.25, 0.3) is 5.91 Å². The van der Waals surface area contributed by atoms with Crippen LogP contribution in [-0.2, 0) is 6.54 Å². The van der Waals surface area contributed by atoms with Crippen molar-refractivity contribution in [3.63, 3.8) is 0 Å². The number of pyridine rings is 1. The molecule has 3 rings (SSSR count). The second kappa shape index (κ2) is 8.38. The van der Waals surface area contributed by atoms with Crippen molar-refractivity contribution in [2.24, 2.45) is 0 Å².